The number of carbonyl (C=O) groups is 1. The fourth-order valence-corrected chi connectivity index (χ4v) is 5.41. The monoisotopic (exact) mass is 466 g/mol. The normalized spacial score (nSPS) is 16.2. The summed E-state index contributed by atoms with van der Waals surface area (Å²) in [5.41, 5.74) is 0.485. The molecule has 1 heterocycles. The van der Waals surface area contributed by atoms with Gasteiger partial charge in [0.25, 0.3) is 5.91 Å². The first-order chi connectivity index (χ1) is 14.9. The molecule has 0 atom stereocenters. The number of rotatable bonds is 6. The van der Waals surface area contributed by atoms with Crippen molar-refractivity contribution in [2.75, 3.05) is 25.6 Å². The van der Waals surface area contributed by atoms with Crippen LogP contribution in [0.1, 0.15) is 36.0 Å². The molecule has 2 aromatic rings. The van der Waals surface area contributed by atoms with Crippen LogP contribution in [0.15, 0.2) is 35.2 Å². The number of halogens is 1. The molecule has 1 fully saturated rings. The summed E-state index contributed by atoms with van der Waals surface area (Å²) >= 11 is 6.26. The molecular weight excluding hydrogens is 444 g/mol. The lowest BCUT2D eigenvalue weighted by atomic mass is 10.2. The van der Waals surface area contributed by atoms with Crippen molar-refractivity contribution >= 4 is 33.2 Å². The topological polar surface area (TPSA) is 103 Å². The zero-order chi connectivity index (χ0) is 22.0. The number of ether oxygens (including phenoxy) is 3. The first kappa shape index (κ1) is 21.7. The SMILES string of the molecule is COc1ccc(C(=O)Nc2cc3c(cc2Cl)OCCO3)cc1S(=O)(=O)NC1CCCC1. The molecule has 0 bridgehead atoms. The Bertz CT molecular complexity index is 1100. The van der Waals surface area contributed by atoms with Crippen LogP contribution in [0, 0.1) is 0 Å². The van der Waals surface area contributed by atoms with Crippen LogP contribution in [-0.4, -0.2) is 40.7 Å². The fourth-order valence-electron chi connectivity index (χ4n) is 3.71. The summed E-state index contributed by atoms with van der Waals surface area (Å²) in [6.45, 7) is 0.822. The van der Waals surface area contributed by atoms with E-state index < -0.39 is 15.9 Å². The second-order valence-corrected chi connectivity index (χ2v) is 9.49. The van der Waals surface area contributed by atoms with E-state index in [1.807, 2.05) is 0 Å². The summed E-state index contributed by atoms with van der Waals surface area (Å²) in [5, 5.41) is 2.98. The van der Waals surface area contributed by atoms with E-state index in [2.05, 4.69) is 10.0 Å². The van der Waals surface area contributed by atoms with E-state index in [-0.39, 0.29) is 27.3 Å². The fraction of sp³-hybridized carbons (Fsp3) is 0.381. The largest absolute Gasteiger partial charge is 0.495 e. The number of benzene rings is 2. The summed E-state index contributed by atoms with van der Waals surface area (Å²) in [4.78, 5) is 12.8. The lowest BCUT2D eigenvalue weighted by Gasteiger charge is -2.20. The molecule has 4 rings (SSSR count). The van der Waals surface area contributed by atoms with Gasteiger partial charge in [-0.15, -0.1) is 0 Å². The molecule has 2 N–H and O–H groups in total. The van der Waals surface area contributed by atoms with Crippen LogP contribution in [0.2, 0.25) is 5.02 Å². The van der Waals surface area contributed by atoms with Crippen molar-refractivity contribution in [1.29, 1.82) is 0 Å². The van der Waals surface area contributed by atoms with Gasteiger partial charge in [0.05, 0.1) is 17.8 Å². The van der Waals surface area contributed by atoms with Gasteiger partial charge in [-0.3, -0.25) is 4.79 Å². The van der Waals surface area contributed by atoms with Crippen LogP contribution < -0.4 is 24.2 Å². The van der Waals surface area contributed by atoms with Crippen LogP contribution in [0.25, 0.3) is 0 Å². The maximum Gasteiger partial charge on any atom is 0.255 e. The summed E-state index contributed by atoms with van der Waals surface area (Å²) in [6, 6.07) is 7.30. The van der Waals surface area contributed by atoms with Crippen LogP contribution in [0.5, 0.6) is 17.2 Å². The second kappa shape index (κ2) is 8.94. The van der Waals surface area contributed by atoms with Gasteiger partial charge in [0.2, 0.25) is 10.0 Å². The molecule has 0 aromatic heterocycles. The highest BCUT2D eigenvalue weighted by Gasteiger charge is 2.27. The molecule has 1 saturated carbocycles. The van der Waals surface area contributed by atoms with Gasteiger partial charge >= 0.3 is 0 Å². The molecule has 0 saturated heterocycles. The van der Waals surface area contributed by atoms with E-state index in [4.69, 9.17) is 25.8 Å². The Kier molecular flexibility index (Phi) is 6.27. The molecular formula is C21H23ClN2O6S. The van der Waals surface area contributed by atoms with E-state index >= 15 is 0 Å². The van der Waals surface area contributed by atoms with Crippen LogP contribution in [0.3, 0.4) is 0 Å². The van der Waals surface area contributed by atoms with Crippen molar-refractivity contribution in [1.82, 2.24) is 4.72 Å². The van der Waals surface area contributed by atoms with Gasteiger partial charge in [0.15, 0.2) is 11.5 Å². The van der Waals surface area contributed by atoms with E-state index in [0.29, 0.717) is 30.4 Å². The third-order valence-corrected chi connectivity index (χ3v) is 7.13. The average molecular weight is 467 g/mol. The van der Waals surface area contributed by atoms with Crippen molar-refractivity contribution in [2.24, 2.45) is 0 Å². The van der Waals surface area contributed by atoms with Crippen molar-refractivity contribution in [3.8, 4) is 17.2 Å². The molecule has 31 heavy (non-hydrogen) atoms. The van der Waals surface area contributed by atoms with Crippen molar-refractivity contribution in [2.45, 2.75) is 36.6 Å². The molecule has 2 aliphatic rings. The Balaban J connectivity index is 1.60. The number of anilines is 1. The number of nitrogens with one attached hydrogen (secondary N) is 2. The van der Waals surface area contributed by atoms with Crippen molar-refractivity contribution in [3.63, 3.8) is 0 Å². The molecule has 0 unspecified atom stereocenters. The van der Waals surface area contributed by atoms with Gasteiger partial charge in [-0.25, -0.2) is 13.1 Å². The summed E-state index contributed by atoms with van der Waals surface area (Å²) in [5.74, 6) is 0.632. The van der Waals surface area contributed by atoms with Crippen molar-refractivity contribution in [3.05, 3.63) is 40.9 Å². The number of hydrogen-bond donors (Lipinski definition) is 2. The number of amides is 1. The number of hydrogen-bond acceptors (Lipinski definition) is 6. The minimum atomic E-state index is -3.85. The molecule has 10 heteroatoms. The highest BCUT2D eigenvalue weighted by molar-refractivity contribution is 7.89. The van der Waals surface area contributed by atoms with Crippen LogP contribution >= 0.6 is 11.6 Å². The molecule has 166 valence electrons. The van der Waals surface area contributed by atoms with Gasteiger partial charge in [0, 0.05) is 23.7 Å². The van der Waals surface area contributed by atoms with E-state index in [0.717, 1.165) is 25.7 Å². The first-order valence-electron chi connectivity index (χ1n) is 9.98. The predicted molar refractivity (Wildman–Crippen MR) is 116 cm³/mol. The molecule has 8 nitrogen and oxygen atoms in total. The standard InChI is InChI=1S/C21H23ClN2O6S/c1-28-17-7-6-13(10-20(17)31(26,27)24-14-4-2-3-5-14)21(25)23-16-12-19-18(11-15(16)22)29-8-9-30-19/h6-7,10-12,14,24H,2-5,8-9H2,1H3,(H,23,25). The molecule has 2 aromatic carbocycles. The number of sulfonamides is 1. The van der Waals surface area contributed by atoms with E-state index in [1.165, 1.54) is 25.3 Å². The lowest BCUT2D eigenvalue weighted by Crippen LogP contribution is -2.33. The molecule has 0 radical (unpaired) electrons. The predicted octanol–water partition coefficient (Wildman–Crippen LogP) is 3.59. The highest BCUT2D eigenvalue weighted by atomic mass is 35.5. The minimum Gasteiger partial charge on any atom is -0.495 e. The Morgan fingerprint density at radius 1 is 1.10 bits per heavy atom. The minimum absolute atomic E-state index is 0.0807. The van der Waals surface area contributed by atoms with Gasteiger partial charge in [-0.1, -0.05) is 24.4 Å². The zero-order valence-electron chi connectivity index (χ0n) is 16.9. The number of methoxy groups -OCH3 is 1. The summed E-state index contributed by atoms with van der Waals surface area (Å²) in [7, 11) is -2.47. The highest BCUT2D eigenvalue weighted by Crippen LogP contribution is 2.38. The van der Waals surface area contributed by atoms with Crippen molar-refractivity contribution < 1.29 is 27.4 Å². The van der Waals surface area contributed by atoms with Crippen LogP contribution in [0.4, 0.5) is 5.69 Å². The Hall–Kier alpha value is -2.49. The quantitative estimate of drug-likeness (QED) is 0.674. The summed E-state index contributed by atoms with van der Waals surface area (Å²) < 4.78 is 44.8. The second-order valence-electron chi connectivity index (χ2n) is 7.40. The van der Waals surface area contributed by atoms with E-state index in [1.54, 1.807) is 12.1 Å². The smallest absolute Gasteiger partial charge is 0.255 e. The lowest BCUT2D eigenvalue weighted by molar-refractivity contribution is 0.102. The first-order valence-corrected chi connectivity index (χ1v) is 11.8. The maximum atomic E-state index is 12.9. The Labute approximate surface area is 185 Å². The number of carbonyl (C=O) groups excluding carboxylic acids is 1. The molecule has 1 aliphatic heterocycles. The molecule has 1 aliphatic carbocycles. The Morgan fingerprint density at radius 2 is 1.77 bits per heavy atom. The molecule has 1 amide bonds. The van der Waals surface area contributed by atoms with Gasteiger partial charge in [0.1, 0.15) is 23.9 Å². The summed E-state index contributed by atoms with van der Waals surface area (Å²) in [6.07, 6.45) is 3.57. The third-order valence-electron chi connectivity index (χ3n) is 5.27. The molecule has 0 spiro atoms. The van der Waals surface area contributed by atoms with Gasteiger partial charge in [-0.2, -0.15) is 0 Å². The Morgan fingerprint density at radius 3 is 2.45 bits per heavy atom. The average Bonchev–Trinajstić information content (AvgIpc) is 3.26. The zero-order valence-corrected chi connectivity index (χ0v) is 18.5. The number of fused-ring (bicyclic) bond motifs is 1. The van der Waals surface area contributed by atoms with Gasteiger partial charge < -0.3 is 19.5 Å². The third kappa shape index (κ3) is 4.73. The van der Waals surface area contributed by atoms with Gasteiger partial charge in [-0.05, 0) is 31.0 Å². The van der Waals surface area contributed by atoms with E-state index in [9.17, 15) is 13.2 Å². The van der Waals surface area contributed by atoms with Crippen LogP contribution in [-0.2, 0) is 10.0 Å². The maximum absolute atomic E-state index is 12.9.